The fraction of sp³-hybridized carbons (Fsp3) is 0.625. The number of thiazole rings is 1. The van der Waals surface area contributed by atoms with Crippen molar-refractivity contribution in [3.63, 3.8) is 0 Å². The molecule has 3 heterocycles. The van der Waals surface area contributed by atoms with Crippen LogP contribution in [0.25, 0.3) is 0 Å². The van der Waals surface area contributed by atoms with E-state index in [0.717, 1.165) is 50.7 Å². The SMILES string of the molecule is Cc1cc(CN2CCN(Cc3csc(C(C)C)n3)CC2)no1. The average molecular weight is 320 g/mol. The molecular formula is C16H24N4OS. The van der Waals surface area contributed by atoms with Gasteiger partial charge < -0.3 is 4.52 Å². The summed E-state index contributed by atoms with van der Waals surface area (Å²) in [6, 6.07) is 2.02. The van der Waals surface area contributed by atoms with Gasteiger partial charge in [0.05, 0.1) is 16.4 Å². The maximum atomic E-state index is 5.13. The van der Waals surface area contributed by atoms with Crippen molar-refractivity contribution in [2.75, 3.05) is 26.2 Å². The Bertz CT molecular complexity index is 599. The molecular weight excluding hydrogens is 296 g/mol. The van der Waals surface area contributed by atoms with Gasteiger partial charge in [-0.25, -0.2) is 4.98 Å². The molecule has 1 aliphatic heterocycles. The highest BCUT2D eigenvalue weighted by Gasteiger charge is 2.19. The van der Waals surface area contributed by atoms with Crippen molar-refractivity contribution in [2.45, 2.75) is 39.8 Å². The van der Waals surface area contributed by atoms with E-state index in [1.165, 1.54) is 10.7 Å². The molecule has 1 saturated heterocycles. The van der Waals surface area contributed by atoms with Crippen LogP contribution in [0.4, 0.5) is 0 Å². The van der Waals surface area contributed by atoms with Gasteiger partial charge in [0, 0.05) is 56.6 Å². The minimum atomic E-state index is 0.529. The summed E-state index contributed by atoms with van der Waals surface area (Å²) in [6.45, 7) is 12.5. The molecule has 0 aromatic carbocycles. The molecule has 0 unspecified atom stereocenters. The molecule has 0 spiro atoms. The van der Waals surface area contributed by atoms with Crippen LogP contribution in [0.2, 0.25) is 0 Å². The molecule has 0 atom stereocenters. The topological polar surface area (TPSA) is 45.4 Å². The van der Waals surface area contributed by atoms with Crippen molar-refractivity contribution in [1.82, 2.24) is 19.9 Å². The Hall–Kier alpha value is -1.24. The highest BCUT2D eigenvalue weighted by Crippen LogP contribution is 2.20. The Kier molecular flexibility index (Phi) is 4.90. The zero-order valence-corrected chi connectivity index (χ0v) is 14.4. The van der Waals surface area contributed by atoms with Gasteiger partial charge in [0.15, 0.2) is 0 Å². The van der Waals surface area contributed by atoms with Gasteiger partial charge in [-0.15, -0.1) is 11.3 Å². The monoisotopic (exact) mass is 320 g/mol. The summed E-state index contributed by atoms with van der Waals surface area (Å²) in [4.78, 5) is 9.66. The zero-order chi connectivity index (χ0) is 15.5. The van der Waals surface area contributed by atoms with Crippen molar-refractivity contribution >= 4 is 11.3 Å². The van der Waals surface area contributed by atoms with Crippen molar-refractivity contribution in [1.29, 1.82) is 0 Å². The lowest BCUT2D eigenvalue weighted by atomic mass is 10.2. The molecule has 0 saturated carbocycles. The fourth-order valence-corrected chi connectivity index (χ4v) is 3.54. The summed E-state index contributed by atoms with van der Waals surface area (Å²) in [6.07, 6.45) is 0. The largest absolute Gasteiger partial charge is 0.361 e. The van der Waals surface area contributed by atoms with Gasteiger partial charge in [-0.05, 0) is 6.92 Å². The molecule has 0 bridgehead atoms. The predicted octanol–water partition coefficient (Wildman–Crippen LogP) is 2.88. The molecule has 6 heteroatoms. The van der Waals surface area contributed by atoms with Crippen LogP contribution < -0.4 is 0 Å². The molecule has 2 aromatic rings. The molecule has 1 aliphatic rings. The lowest BCUT2D eigenvalue weighted by Gasteiger charge is -2.33. The van der Waals surface area contributed by atoms with E-state index in [4.69, 9.17) is 9.51 Å². The number of aryl methyl sites for hydroxylation is 1. The van der Waals surface area contributed by atoms with Gasteiger partial charge in [-0.1, -0.05) is 19.0 Å². The van der Waals surface area contributed by atoms with Crippen LogP contribution in [0.5, 0.6) is 0 Å². The lowest BCUT2D eigenvalue weighted by molar-refractivity contribution is 0.119. The molecule has 3 rings (SSSR count). The van der Waals surface area contributed by atoms with E-state index in [2.05, 4.69) is 34.2 Å². The van der Waals surface area contributed by atoms with Crippen molar-refractivity contribution in [2.24, 2.45) is 0 Å². The first-order valence-electron chi connectivity index (χ1n) is 7.91. The Morgan fingerprint density at radius 1 is 1.14 bits per heavy atom. The van der Waals surface area contributed by atoms with E-state index >= 15 is 0 Å². The third-order valence-electron chi connectivity index (χ3n) is 3.98. The Morgan fingerprint density at radius 3 is 2.27 bits per heavy atom. The van der Waals surface area contributed by atoms with Crippen LogP contribution in [-0.2, 0) is 13.1 Å². The maximum absolute atomic E-state index is 5.13. The van der Waals surface area contributed by atoms with Crippen molar-refractivity contribution in [3.8, 4) is 0 Å². The quantitative estimate of drug-likeness (QED) is 0.847. The molecule has 0 N–H and O–H groups in total. The van der Waals surface area contributed by atoms with Gasteiger partial charge in [-0.3, -0.25) is 9.80 Å². The smallest absolute Gasteiger partial charge is 0.133 e. The summed E-state index contributed by atoms with van der Waals surface area (Å²) in [7, 11) is 0. The molecule has 120 valence electrons. The van der Waals surface area contributed by atoms with Gasteiger partial charge in [0.1, 0.15) is 5.76 Å². The first-order valence-corrected chi connectivity index (χ1v) is 8.79. The molecule has 5 nitrogen and oxygen atoms in total. The van der Waals surface area contributed by atoms with Gasteiger partial charge in [0.2, 0.25) is 0 Å². The molecule has 2 aromatic heterocycles. The van der Waals surface area contributed by atoms with Crippen molar-refractivity contribution in [3.05, 3.63) is 33.6 Å². The minimum Gasteiger partial charge on any atom is -0.361 e. The molecule has 22 heavy (non-hydrogen) atoms. The fourth-order valence-electron chi connectivity index (χ4n) is 2.72. The van der Waals surface area contributed by atoms with Gasteiger partial charge >= 0.3 is 0 Å². The predicted molar refractivity (Wildman–Crippen MR) is 88.0 cm³/mol. The molecule has 1 fully saturated rings. The van der Waals surface area contributed by atoms with E-state index in [1.807, 2.05) is 13.0 Å². The van der Waals surface area contributed by atoms with E-state index in [9.17, 15) is 0 Å². The van der Waals surface area contributed by atoms with Crippen LogP contribution >= 0.6 is 11.3 Å². The maximum Gasteiger partial charge on any atom is 0.133 e. The van der Waals surface area contributed by atoms with E-state index in [-0.39, 0.29) is 0 Å². The third kappa shape index (κ3) is 3.94. The Labute approximate surface area is 135 Å². The highest BCUT2D eigenvalue weighted by molar-refractivity contribution is 7.09. The second-order valence-corrected chi connectivity index (χ2v) is 7.20. The number of rotatable bonds is 5. The number of nitrogens with zero attached hydrogens (tertiary/aromatic N) is 4. The molecule has 0 radical (unpaired) electrons. The summed E-state index contributed by atoms with van der Waals surface area (Å²) >= 11 is 1.78. The number of hydrogen-bond donors (Lipinski definition) is 0. The summed E-state index contributed by atoms with van der Waals surface area (Å²) < 4.78 is 5.13. The van der Waals surface area contributed by atoms with Crippen LogP contribution in [0.1, 0.15) is 41.9 Å². The van der Waals surface area contributed by atoms with Gasteiger partial charge in [-0.2, -0.15) is 0 Å². The Morgan fingerprint density at radius 2 is 1.77 bits per heavy atom. The Balaban J connectivity index is 1.47. The number of hydrogen-bond acceptors (Lipinski definition) is 6. The standard InChI is InChI=1S/C16H24N4OS/c1-12(2)16-17-15(11-22-16)10-20-6-4-19(5-7-20)9-14-8-13(3)21-18-14/h8,11-12H,4-7,9-10H2,1-3H3. The normalized spacial score (nSPS) is 17.5. The number of piperazine rings is 1. The first kappa shape index (κ1) is 15.6. The third-order valence-corrected chi connectivity index (χ3v) is 5.17. The summed E-state index contributed by atoms with van der Waals surface area (Å²) in [5.74, 6) is 1.42. The van der Waals surface area contributed by atoms with Gasteiger partial charge in [0.25, 0.3) is 0 Å². The van der Waals surface area contributed by atoms with Crippen molar-refractivity contribution < 1.29 is 4.52 Å². The highest BCUT2D eigenvalue weighted by atomic mass is 32.1. The average Bonchev–Trinajstić information content (AvgIpc) is 3.10. The van der Waals surface area contributed by atoms with Crippen LogP contribution in [0.15, 0.2) is 16.0 Å². The van der Waals surface area contributed by atoms with E-state index in [1.54, 1.807) is 11.3 Å². The van der Waals surface area contributed by atoms with E-state index < -0.39 is 0 Å². The molecule has 0 aliphatic carbocycles. The van der Waals surface area contributed by atoms with Crippen LogP contribution in [0, 0.1) is 6.92 Å². The zero-order valence-electron chi connectivity index (χ0n) is 13.6. The second-order valence-electron chi connectivity index (χ2n) is 6.31. The minimum absolute atomic E-state index is 0.529. The summed E-state index contributed by atoms with van der Waals surface area (Å²) in [5.41, 5.74) is 2.25. The van der Waals surface area contributed by atoms with Crippen LogP contribution in [-0.4, -0.2) is 46.1 Å². The first-order chi connectivity index (χ1) is 10.6. The lowest BCUT2D eigenvalue weighted by Crippen LogP contribution is -2.45. The summed E-state index contributed by atoms with van der Waals surface area (Å²) in [5, 5.41) is 7.53. The second kappa shape index (κ2) is 6.89. The van der Waals surface area contributed by atoms with E-state index in [0.29, 0.717) is 5.92 Å². The van der Waals surface area contributed by atoms with Crippen LogP contribution in [0.3, 0.4) is 0 Å². The molecule has 0 amide bonds. The number of aromatic nitrogens is 2.